The summed E-state index contributed by atoms with van der Waals surface area (Å²) in [6.45, 7) is 1.57. The predicted molar refractivity (Wildman–Crippen MR) is 84.7 cm³/mol. The number of nitrogens with zero attached hydrogens (tertiary/aromatic N) is 1. The zero-order valence-electron chi connectivity index (χ0n) is 10.4. The van der Waals surface area contributed by atoms with Gasteiger partial charge in [-0.2, -0.15) is 0 Å². The van der Waals surface area contributed by atoms with Gasteiger partial charge in [-0.15, -0.1) is 6.42 Å². The summed E-state index contributed by atoms with van der Waals surface area (Å²) < 4.78 is 10.9. The van der Waals surface area contributed by atoms with Gasteiger partial charge in [0.15, 0.2) is 5.75 Å². The molecule has 1 heterocycles. The molecule has 0 aliphatic carbocycles. The van der Waals surface area contributed by atoms with Crippen molar-refractivity contribution in [2.75, 3.05) is 19.7 Å². The molecule has 104 valence electrons. The third kappa shape index (κ3) is 3.57. The fourth-order valence-electron chi connectivity index (χ4n) is 1.60. The normalized spacial score (nSPS) is 13.2. The summed E-state index contributed by atoms with van der Waals surface area (Å²) in [5, 5.41) is 1.08. The molecule has 0 atom stereocenters. The molecule has 0 saturated heterocycles. The molecule has 2 rings (SSSR count). The zero-order valence-corrected chi connectivity index (χ0v) is 12.8. The number of halogens is 2. The molecular weight excluding hydrogens is 317 g/mol. The first kappa shape index (κ1) is 15.0. The summed E-state index contributed by atoms with van der Waals surface area (Å²) in [6, 6.07) is 3.12. The van der Waals surface area contributed by atoms with Gasteiger partial charge < -0.3 is 14.4 Å². The van der Waals surface area contributed by atoms with Crippen molar-refractivity contribution >= 4 is 40.6 Å². The lowest BCUT2D eigenvalue weighted by atomic mass is 10.3. The van der Waals surface area contributed by atoms with Crippen LogP contribution in [0, 0.1) is 12.3 Å². The van der Waals surface area contributed by atoms with Crippen LogP contribution in [0.4, 0.5) is 0 Å². The molecule has 20 heavy (non-hydrogen) atoms. The standard InChI is InChI=1S/C14H11Cl2NO2S/c1-2-7-18-12-9-13(11(16)8-10(12)15)19-14(20)17-5-3-4-6-17/h1,3-4,8-9H,5-7H2. The maximum Gasteiger partial charge on any atom is 0.265 e. The van der Waals surface area contributed by atoms with E-state index in [-0.39, 0.29) is 6.61 Å². The van der Waals surface area contributed by atoms with Gasteiger partial charge >= 0.3 is 0 Å². The highest BCUT2D eigenvalue weighted by molar-refractivity contribution is 7.80. The van der Waals surface area contributed by atoms with Crippen molar-refractivity contribution in [3.63, 3.8) is 0 Å². The molecule has 3 nitrogen and oxygen atoms in total. The molecule has 0 spiro atoms. The quantitative estimate of drug-likeness (QED) is 0.481. The van der Waals surface area contributed by atoms with E-state index in [4.69, 9.17) is 51.3 Å². The fourth-order valence-corrected chi connectivity index (χ4v) is 2.32. The van der Waals surface area contributed by atoms with E-state index in [9.17, 15) is 0 Å². The summed E-state index contributed by atoms with van der Waals surface area (Å²) >= 11 is 17.3. The number of thiocarbonyl (C=S) groups is 1. The van der Waals surface area contributed by atoms with E-state index in [0.717, 1.165) is 13.1 Å². The van der Waals surface area contributed by atoms with Crippen molar-refractivity contribution in [1.29, 1.82) is 0 Å². The Morgan fingerprint density at radius 2 is 1.90 bits per heavy atom. The maximum absolute atomic E-state index is 6.09. The van der Waals surface area contributed by atoms with Crippen LogP contribution in [-0.2, 0) is 0 Å². The van der Waals surface area contributed by atoms with Gasteiger partial charge in [-0.05, 0) is 18.3 Å². The van der Waals surface area contributed by atoms with Crippen LogP contribution >= 0.6 is 35.4 Å². The monoisotopic (exact) mass is 327 g/mol. The van der Waals surface area contributed by atoms with Gasteiger partial charge in [-0.1, -0.05) is 41.3 Å². The lowest BCUT2D eigenvalue weighted by Gasteiger charge is -2.19. The molecule has 0 amide bonds. The highest BCUT2D eigenvalue weighted by atomic mass is 35.5. The summed E-state index contributed by atoms with van der Waals surface area (Å²) in [5.41, 5.74) is 0. The van der Waals surface area contributed by atoms with Crippen LogP contribution in [0.2, 0.25) is 10.0 Å². The lowest BCUT2D eigenvalue weighted by Crippen LogP contribution is -2.30. The van der Waals surface area contributed by atoms with Crippen LogP contribution in [0.1, 0.15) is 0 Å². The Balaban J connectivity index is 2.14. The topological polar surface area (TPSA) is 21.7 Å². The van der Waals surface area contributed by atoms with Crippen LogP contribution < -0.4 is 9.47 Å². The molecule has 0 bridgehead atoms. The minimum absolute atomic E-state index is 0.112. The first-order valence-electron chi connectivity index (χ1n) is 5.79. The molecule has 1 aliphatic rings. The predicted octanol–water partition coefficient (Wildman–Crippen LogP) is 3.54. The van der Waals surface area contributed by atoms with Crippen molar-refractivity contribution in [3.05, 3.63) is 34.3 Å². The highest BCUT2D eigenvalue weighted by Crippen LogP contribution is 2.36. The van der Waals surface area contributed by atoms with E-state index >= 15 is 0 Å². The Hall–Kier alpha value is -1.41. The van der Waals surface area contributed by atoms with Gasteiger partial charge in [0.2, 0.25) is 0 Å². The van der Waals surface area contributed by atoms with Crippen LogP contribution in [0.3, 0.4) is 0 Å². The summed E-state index contributed by atoms with van der Waals surface area (Å²) in [4.78, 5) is 1.89. The number of ether oxygens (including phenoxy) is 2. The van der Waals surface area contributed by atoms with Crippen molar-refractivity contribution in [3.8, 4) is 23.8 Å². The van der Waals surface area contributed by atoms with Gasteiger partial charge in [0, 0.05) is 19.2 Å². The number of hydrogen-bond donors (Lipinski definition) is 0. The first-order valence-corrected chi connectivity index (χ1v) is 6.95. The van der Waals surface area contributed by atoms with Gasteiger partial charge in [0.25, 0.3) is 5.17 Å². The van der Waals surface area contributed by atoms with Crippen LogP contribution in [0.15, 0.2) is 24.3 Å². The Labute approximate surface area is 133 Å². The van der Waals surface area contributed by atoms with Gasteiger partial charge in [-0.25, -0.2) is 0 Å². The SMILES string of the molecule is C#CCOc1cc(OC(=S)N2CC=CC2)c(Cl)cc1Cl. The minimum Gasteiger partial charge on any atom is -0.479 e. The average molecular weight is 328 g/mol. The molecule has 0 radical (unpaired) electrons. The summed E-state index contributed by atoms with van der Waals surface area (Å²) in [6.07, 6.45) is 9.18. The molecule has 1 aromatic rings. The second-order valence-electron chi connectivity index (χ2n) is 3.95. The Morgan fingerprint density at radius 1 is 1.25 bits per heavy atom. The van der Waals surface area contributed by atoms with Crippen molar-refractivity contribution in [2.24, 2.45) is 0 Å². The van der Waals surface area contributed by atoms with Crippen LogP contribution in [-0.4, -0.2) is 29.8 Å². The molecule has 1 aliphatic heterocycles. The first-order chi connectivity index (χ1) is 9.61. The summed E-state index contributed by atoms with van der Waals surface area (Å²) in [7, 11) is 0. The second kappa shape index (κ2) is 6.85. The zero-order chi connectivity index (χ0) is 14.5. The molecule has 0 fully saturated rings. The van der Waals surface area contributed by atoms with E-state index in [1.54, 1.807) is 6.07 Å². The largest absolute Gasteiger partial charge is 0.479 e. The molecule has 0 saturated carbocycles. The molecule has 1 aromatic carbocycles. The molecule has 0 N–H and O–H groups in total. The smallest absolute Gasteiger partial charge is 0.265 e. The van der Waals surface area contributed by atoms with Crippen molar-refractivity contribution in [1.82, 2.24) is 4.90 Å². The van der Waals surface area contributed by atoms with Gasteiger partial charge in [0.05, 0.1) is 10.0 Å². The van der Waals surface area contributed by atoms with E-state index < -0.39 is 0 Å². The highest BCUT2D eigenvalue weighted by Gasteiger charge is 2.16. The van der Waals surface area contributed by atoms with Crippen LogP contribution in [0.25, 0.3) is 0 Å². The Bertz CT molecular complexity index is 588. The van der Waals surface area contributed by atoms with E-state index in [2.05, 4.69) is 5.92 Å². The maximum atomic E-state index is 6.09. The molecule has 6 heteroatoms. The Kier molecular flexibility index (Phi) is 5.13. The van der Waals surface area contributed by atoms with E-state index in [0.29, 0.717) is 26.7 Å². The lowest BCUT2D eigenvalue weighted by molar-refractivity contribution is 0.366. The van der Waals surface area contributed by atoms with Crippen molar-refractivity contribution < 1.29 is 9.47 Å². The number of hydrogen-bond acceptors (Lipinski definition) is 3. The summed E-state index contributed by atoms with van der Waals surface area (Å²) in [5.74, 6) is 3.16. The number of terminal acetylenes is 1. The van der Waals surface area contributed by atoms with E-state index in [1.165, 1.54) is 6.07 Å². The van der Waals surface area contributed by atoms with Gasteiger partial charge in [0.1, 0.15) is 12.4 Å². The van der Waals surface area contributed by atoms with Gasteiger partial charge in [-0.3, -0.25) is 0 Å². The molecule has 0 unspecified atom stereocenters. The molecular formula is C14H11Cl2NO2S. The average Bonchev–Trinajstić information content (AvgIpc) is 2.94. The molecule has 0 aromatic heterocycles. The second-order valence-corrected chi connectivity index (χ2v) is 5.11. The van der Waals surface area contributed by atoms with Crippen LogP contribution in [0.5, 0.6) is 11.5 Å². The Morgan fingerprint density at radius 3 is 2.55 bits per heavy atom. The minimum atomic E-state index is 0.112. The number of rotatable bonds is 3. The fraction of sp³-hybridized carbons (Fsp3) is 0.214. The third-order valence-corrected chi connectivity index (χ3v) is 3.50. The van der Waals surface area contributed by atoms with E-state index in [1.807, 2.05) is 17.1 Å². The van der Waals surface area contributed by atoms with Crippen molar-refractivity contribution in [2.45, 2.75) is 0 Å². The third-order valence-electron chi connectivity index (χ3n) is 2.57. The number of benzene rings is 1.